The summed E-state index contributed by atoms with van der Waals surface area (Å²) in [6.07, 6.45) is 1.65. The normalized spacial score (nSPS) is 14.8. The Morgan fingerprint density at radius 2 is 2.03 bits per heavy atom. The molecule has 3 N–H and O–H groups in total. The van der Waals surface area contributed by atoms with Gasteiger partial charge in [0.05, 0.1) is 23.3 Å². The Morgan fingerprint density at radius 3 is 2.73 bits per heavy atom. The average molecular weight is 444 g/mol. The quantitative estimate of drug-likeness (QED) is 0.354. The van der Waals surface area contributed by atoms with Crippen LogP contribution in [0, 0.1) is 0 Å². The average Bonchev–Trinajstić information content (AvgIpc) is 2.96. The Kier molecular flexibility index (Phi) is 6.38. The third kappa shape index (κ3) is 4.78. The van der Waals surface area contributed by atoms with E-state index in [2.05, 4.69) is 5.32 Å². The Hall–Kier alpha value is -3.37. The molecule has 30 heavy (non-hydrogen) atoms. The summed E-state index contributed by atoms with van der Waals surface area (Å²) >= 11 is 6.29. The van der Waals surface area contributed by atoms with Gasteiger partial charge in [-0.15, -0.1) is 0 Å². The first-order chi connectivity index (χ1) is 14.3. The number of aromatic hydroxyl groups is 1. The number of amides is 2. The second-order valence-electron chi connectivity index (χ2n) is 6.13. The largest absolute Gasteiger partial charge is 0.508 e. The van der Waals surface area contributed by atoms with E-state index in [0.717, 1.165) is 28.3 Å². The number of nitrogens with zero attached hydrogens (tertiary/aromatic N) is 1. The zero-order valence-electron chi connectivity index (χ0n) is 15.6. The third-order valence-corrected chi connectivity index (χ3v) is 5.45. The van der Waals surface area contributed by atoms with Gasteiger partial charge in [-0.3, -0.25) is 14.5 Å². The fourth-order valence-corrected chi connectivity index (χ4v) is 3.93. The smallest absolute Gasteiger partial charge is 0.337 e. The number of phenolic OH excluding ortho intramolecular Hbond substituents is 1. The van der Waals surface area contributed by atoms with Crippen LogP contribution in [0.15, 0.2) is 47.4 Å². The number of ether oxygens (including phenoxy) is 1. The molecule has 2 amide bonds. The van der Waals surface area contributed by atoms with Crippen LogP contribution in [0.3, 0.4) is 0 Å². The van der Waals surface area contributed by atoms with Gasteiger partial charge in [0, 0.05) is 0 Å². The van der Waals surface area contributed by atoms with Crippen LogP contribution in [0.25, 0.3) is 6.08 Å². The highest BCUT2D eigenvalue weighted by Crippen LogP contribution is 2.33. The SMILES string of the molecule is COc1cccc(/C=C2/SC(=S)N(CC(=O)Nc3ccc(O)cc3C(=O)O)C2=O)c1. The maximum absolute atomic E-state index is 12.7. The van der Waals surface area contributed by atoms with Crippen molar-refractivity contribution < 1.29 is 29.3 Å². The fraction of sp³-hybridized carbons (Fsp3) is 0.100. The summed E-state index contributed by atoms with van der Waals surface area (Å²) in [4.78, 5) is 37.9. The van der Waals surface area contributed by atoms with E-state index in [9.17, 15) is 24.6 Å². The first-order valence-electron chi connectivity index (χ1n) is 8.54. The number of hydrogen-bond acceptors (Lipinski definition) is 7. The first kappa shape index (κ1) is 21.3. The van der Waals surface area contributed by atoms with E-state index in [-0.39, 0.29) is 27.9 Å². The van der Waals surface area contributed by atoms with Gasteiger partial charge in [-0.25, -0.2) is 4.79 Å². The molecule has 10 heteroatoms. The van der Waals surface area contributed by atoms with E-state index in [1.54, 1.807) is 37.5 Å². The molecule has 0 spiro atoms. The lowest BCUT2D eigenvalue weighted by Gasteiger charge is -2.15. The van der Waals surface area contributed by atoms with Crippen molar-refractivity contribution in [1.82, 2.24) is 4.90 Å². The van der Waals surface area contributed by atoms with Gasteiger partial charge >= 0.3 is 5.97 Å². The summed E-state index contributed by atoms with van der Waals surface area (Å²) < 4.78 is 5.38. The van der Waals surface area contributed by atoms with Gasteiger partial charge < -0.3 is 20.3 Å². The van der Waals surface area contributed by atoms with Crippen molar-refractivity contribution in [3.63, 3.8) is 0 Å². The van der Waals surface area contributed by atoms with Crippen LogP contribution in [0.4, 0.5) is 5.69 Å². The van der Waals surface area contributed by atoms with Crippen molar-refractivity contribution in [2.45, 2.75) is 0 Å². The van der Waals surface area contributed by atoms with Gasteiger partial charge in [-0.05, 0) is 42.0 Å². The van der Waals surface area contributed by atoms with Gasteiger partial charge in [0.25, 0.3) is 5.91 Å². The van der Waals surface area contributed by atoms with E-state index in [1.165, 1.54) is 12.1 Å². The van der Waals surface area contributed by atoms with Crippen molar-refractivity contribution in [1.29, 1.82) is 0 Å². The maximum Gasteiger partial charge on any atom is 0.337 e. The number of methoxy groups -OCH3 is 1. The zero-order valence-corrected chi connectivity index (χ0v) is 17.3. The summed E-state index contributed by atoms with van der Waals surface area (Å²) in [6, 6.07) is 10.7. The number of thiocarbonyl (C=S) groups is 1. The molecule has 1 fully saturated rings. The van der Waals surface area contributed by atoms with Crippen molar-refractivity contribution in [2.75, 3.05) is 19.0 Å². The van der Waals surface area contributed by atoms with E-state index < -0.39 is 17.8 Å². The molecule has 1 aliphatic heterocycles. The summed E-state index contributed by atoms with van der Waals surface area (Å²) in [5.74, 6) is -1.96. The molecule has 1 heterocycles. The monoisotopic (exact) mass is 444 g/mol. The number of nitrogens with one attached hydrogen (secondary N) is 1. The fourth-order valence-electron chi connectivity index (χ4n) is 2.67. The van der Waals surface area contributed by atoms with Gasteiger partial charge in [0.2, 0.25) is 5.91 Å². The Morgan fingerprint density at radius 1 is 1.27 bits per heavy atom. The van der Waals surface area contributed by atoms with Crippen LogP contribution in [-0.4, -0.2) is 50.9 Å². The number of carbonyl (C=O) groups is 3. The molecule has 154 valence electrons. The van der Waals surface area contributed by atoms with Crippen molar-refractivity contribution in [3.05, 3.63) is 58.5 Å². The van der Waals surface area contributed by atoms with Crippen LogP contribution in [-0.2, 0) is 9.59 Å². The van der Waals surface area contributed by atoms with E-state index >= 15 is 0 Å². The summed E-state index contributed by atoms with van der Waals surface area (Å²) in [5.41, 5.74) is 0.476. The molecule has 2 aromatic rings. The van der Waals surface area contributed by atoms with Crippen LogP contribution < -0.4 is 10.1 Å². The lowest BCUT2D eigenvalue weighted by atomic mass is 10.1. The number of carboxylic acid groups (broad SMARTS) is 1. The lowest BCUT2D eigenvalue weighted by molar-refractivity contribution is -0.126. The highest BCUT2D eigenvalue weighted by atomic mass is 32.2. The molecule has 1 aliphatic rings. The van der Waals surface area contributed by atoms with E-state index in [4.69, 9.17) is 17.0 Å². The second-order valence-corrected chi connectivity index (χ2v) is 7.80. The van der Waals surface area contributed by atoms with Gasteiger partial charge in [0.15, 0.2) is 0 Å². The van der Waals surface area contributed by atoms with Crippen LogP contribution in [0.2, 0.25) is 0 Å². The standard InChI is InChI=1S/C20H16N2O6S2/c1-28-13-4-2-3-11(7-13)8-16-18(25)22(20(29)30-16)10-17(24)21-15-6-5-12(23)9-14(15)19(26)27/h2-9,23H,10H2,1H3,(H,21,24)(H,26,27)/b16-8+. The van der Waals surface area contributed by atoms with Gasteiger partial charge in [-0.2, -0.15) is 0 Å². The number of carboxylic acids is 1. The molecule has 0 radical (unpaired) electrons. The van der Waals surface area contributed by atoms with Gasteiger partial charge in [-0.1, -0.05) is 36.1 Å². The minimum absolute atomic E-state index is 0.00247. The minimum atomic E-state index is -1.31. The molecule has 1 saturated heterocycles. The number of thioether (sulfide) groups is 1. The zero-order chi connectivity index (χ0) is 21.8. The Balaban J connectivity index is 1.73. The van der Waals surface area contributed by atoms with Crippen LogP contribution in [0.5, 0.6) is 11.5 Å². The molecular formula is C20H16N2O6S2. The molecule has 3 rings (SSSR count). The number of carbonyl (C=O) groups excluding carboxylic acids is 2. The molecule has 0 atom stereocenters. The van der Waals surface area contributed by atoms with Crippen molar-refractivity contribution in [2.24, 2.45) is 0 Å². The molecular weight excluding hydrogens is 428 g/mol. The third-order valence-electron chi connectivity index (χ3n) is 4.07. The lowest BCUT2D eigenvalue weighted by Crippen LogP contribution is -2.36. The van der Waals surface area contributed by atoms with Crippen LogP contribution in [0.1, 0.15) is 15.9 Å². The number of aromatic carboxylic acids is 1. The number of hydrogen-bond donors (Lipinski definition) is 3. The molecule has 0 bridgehead atoms. The maximum atomic E-state index is 12.7. The summed E-state index contributed by atoms with van der Waals surface area (Å²) in [6.45, 7) is -0.375. The first-order valence-corrected chi connectivity index (χ1v) is 9.76. The molecule has 0 unspecified atom stereocenters. The molecule has 0 saturated carbocycles. The van der Waals surface area contributed by atoms with Crippen molar-refractivity contribution in [3.8, 4) is 11.5 Å². The van der Waals surface area contributed by atoms with E-state index in [0.29, 0.717) is 10.7 Å². The molecule has 0 aromatic heterocycles. The van der Waals surface area contributed by atoms with Crippen molar-refractivity contribution >= 4 is 57.8 Å². The minimum Gasteiger partial charge on any atom is -0.508 e. The highest BCUT2D eigenvalue weighted by molar-refractivity contribution is 8.26. The Bertz CT molecular complexity index is 1080. The number of benzene rings is 2. The Labute approximate surface area is 181 Å². The highest BCUT2D eigenvalue weighted by Gasteiger charge is 2.33. The summed E-state index contributed by atoms with van der Waals surface area (Å²) in [5, 5.41) is 21.1. The molecule has 0 aliphatic carbocycles. The predicted octanol–water partition coefficient (Wildman–Crippen LogP) is 2.94. The topological polar surface area (TPSA) is 116 Å². The number of rotatable bonds is 6. The van der Waals surface area contributed by atoms with E-state index in [1.807, 2.05) is 0 Å². The summed E-state index contributed by atoms with van der Waals surface area (Å²) in [7, 11) is 1.54. The number of phenols is 1. The van der Waals surface area contributed by atoms with Gasteiger partial charge in [0.1, 0.15) is 22.4 Å². The number of anilines is 1. The second kappa shape index (κ2) is 8.97. The van der Waals surface area contributed by atoms with Crippen LogP contribution >= 0.6 is 24.0 Å². The predicted molar refractivity (Wildman–Crippen MR) is 117 cm³/mol. The molecule has 8 nitrogen and oxygen atoms in total. The molecule has 2 aromatic carbocycles.